The van der Waals surface area contributed by atoms with Gasteiger partial charge in [-0.2, -0.15) is 0 Å². The summed E-state index contributed by atoms with van der Waals surface area (Å²) in [7, 11) is 0. The minimum atomic E-state index is -0.731. The zero-order valence-corrected chi connectivity index (χ0v) is 23.2. The van der Waals surface area contributed by atoms with E-state index in [1.165, 1.54) is 0 Å². The lowest BCUT2D eigenvalue weighted by molar-refractivity contribution is -0.142. The van der Waals surface area contributed by atoms with Crippen LogP contribution in [0.1, 0.15) is 30.5 Å². The standard InChI is InChI=1S/C29H32BrClN2O3/c1-20(2)17-32-29(35)27(16-22-9-5-4-6-10-22)33(18-23-11-7-8-12-26(23)31)28(34)19-36-24-13-14-25(30)21(3)15-24/h4-15,20,27H,16-19H2,1-3H3,(H,32,35). The highest BCUT2D eigenvalue weighted by atomic mass is 79.9. The molecule has 2 amide bonds. The molecular weight excluding hydrogens is 540 g/mol. The molecule has 3 aromatic rings. The fourth-order valence-corrected chi connectivity index (χ4v) is 4.16. The highest BCUT2D eigenvalue weighted by molar-refractivity contribution is 9.10. The lowest BCUT2D eigenvalue weighted by Crippen LogP contribution is -2.52. The molecule has 0 fully saturated rings. The Hall–Kier alpha value is -2.83. The highest BCUT2D eigenvalue weighted by Gasteiger charge is 2.31. The molecule has 5 nitrogen and oxygen atoms in total. The van der Waals surface area contributed by atoms with Gasteiger partial charge in [0.25, 0.3) is 5.91 Å². The zero-order valence-electron chi connectivity index (χ0n) is 20.8. The van der Waals surface area contributed by atoms with Crippen LogP contribution >= 0.6 is 27.5 Å². The van der Waals surface area contributed by atoms with Gasteiger partial charge in [-0.1, -0.05) is 89.9 Å². The second-order valence-corrected chi connectivity index (χ2v) is 10.4. The van der Waals surface area contributed by atoms with Crippen LogP contribution in [-0.4, -0.2) is 35.9 Å². The van der Waals surface area contributed by atoms with Crippen molar-refractivity contribution in [1.82, 2.24) is 10.2 Å². The molecule has 0 aliphatic rings. The van der Waals surface area contributed by atoms with E-state index in [4.69, 9.17) is 16.3 Å². The molecule has 1 unspecified atom stereocenters. The van der Waals surface area contributed by atoms with Gasteiger partial charge in [0.15, 0.2) is 6.61 Å². The highest BCUT2D eigenvalue weighted by Crippen LogP contribution is 2.23. The number of benzene rings is 3. The topological polar surface area (TPSA) is 58.6 Å². The van der Waals surface area contributed by atoms with Crippen molar-refractivity contribution in [3.8, 4) is 5.75 Å². The number of hydrogen-bond donors (Lipinski definition) is 1. The second kappa shape index (κ2) is 13.5. The predicted octanol–water partition coefficient (Wildman–Crippen LogP) is 6.20. The second-order valence-electron chi connectivity index (χ2n) is 9.16. The Bertz CT molecular complexity index is 1170. The average molecular weight is 572 g/mol. The predicted molar refractivity (Wildman–Crippen MR) is 148 cm³/mol. The van der Waals surface area contributed by atoms with E-state index in [0.29, 0.717) is 23.7 Å². The molecule has 0 aromatic heterocycles. The van der Waals surface area contributed by atoms with Crippen molar-refractivity contribution in [3.05, 3.63) is 99.0 Å². The molecule has 1 atom stereocenters. The largest absolute Gasteiger partial charge is 0.484 e. The number of hydrogen-bond acceptors (Lipinski definition) is 3. The van der Waals surface area contributed by atoms with Crippen LogP contribution in [0.25, 0.3) is 0 Å². The fraction of sp³-hybridized carbons (Fsp3) is 0.310. The number of aryl methyl sites for hydroxylation is 1. The van der Waals surface area contributed by atoms with E-state index >= 15 is 0 Å². The van der Waals surface area contributed by atoms with Crippen LogP contribution in [0, 0.1) is 12.8 Å². The van der Waals surface area contributed by atoms with Crippen LogP contribution in [0.15, 0.2) is 77.3 Å². The number of nitrogens with zero attached hydrogens (tertiary/aromatic N) is 1. The van der Waals surface area contributed by atoms with Gasteiger partial charge in [-0.05, 0) is 53.8 Å². The smallest absolute Gasteiger partial charge is 0.261 e. The first-order valence-corrected chi connectivity index (χ1v) is 13.1. The Morgan fingerprint density at radius 2 is 1.72 bits per heavy atom. The van der Waals surface area contributed by atoms with Crippen molar-refractivity contribution in [3.63, 3.8) is 0 Å². The summed E-state index contributed by atoms with van der Waals surface area (Å²) in [6, 6.07) is 21.9. The minimum absolute atomic E-state index is 0.188. The minimum Gasteiger partial charge on any atom is -0.484 e. The van der Waals surface area contributed by atoms with Crippen LogP contribution in [0.2, 0.25) is 5.02 Å². The molecule has 3 rings (SSSR count). The maximum Gasteiger partial charge on any atom is 0.261 e. The van der Waals surface area contributed by atoms with Gasteiger partial charge in [0.2, 0.25) is 5.91 Å². The third-order valence-electron chi connectivity index (χ3n) is 5.75. The summed E-state index contributed by atoms with van der Waals surface area (Å²) in [5.74, 6) is 0.372. The van der Waals surface area contributed by atoms with Crippen LogP contribution in [0.4, 0.5) is 0 Å². The molecule has 3 aromatic carbocycles. The third kappa shape index (κ3) is 8.10. The van der Waals surface area contributed by atoms with Gasteiger partial charge in [-0.15, -0.1) is 0 Å². The van der Waals surface area contributed by atoms with Crippen molar-refractivity contribution >= 4 is 39.3 Å². The summed E-state index contributed by atoms with van der Waals surface area (Å²) in [5.41, 5.74) is 2.73. The Morgan fingerprint density at radius 1 is 1.03 bits per heavy atom. The van der Waals surface area contributed by atoms with Crippen LogP contribution in [-0.2, 0) is 22.6 Å². The van der Waals surface area contributed by atoms with Crippen molar-refractivity contribution < 1.29 is 14.3 Å². The third-order valence-corrected chi connectivity index (χ3v) is 7.00. The van der Waals surface area contributed by atoms with E-state index in [9.17, 15) is 9.59 Å². The molecule has 0 spiro atoms. The molecule has 190 valence electrons. The normalized spacial score (nSPS) is 11.7. The molecule has 0 saturated carbocycles. The first-order valence-electron chi connectivity index (χ1n) is 12.0. The summed E-state index contributed by atoms with van der Waals surface area (Å²) >= 11 is 9.93. The molecule has 1 N–H and O–H groups in total. The summed E-state index contributed by atoms with van der Waals surface area (Å²) in [6.45, 7) is 6.53. The van der Waals surface area contributed by atoms with Gasteiger partial charge in [0.1, 0.15) is 11.8 Å². The van der Waals surface area contributed by atoms with Crippen LogP contribution in [0.3, 0.4) is 0 Å². The molecule has 0 aliphatic carbocycles. The van der Waals surface area contributed by atoms with Crippen molar-refractivity contribution in [2.75, 3.05) is 13.2 Å². The fourth-order valence-electron chi connectivity index (χ4n) is 3.72. The van der Waals surface area contributed by atoms with Gasteiger partial charge in [0.05, 0.1) is 0 Å². The van der Waals surface area contributed by atoms with Gasteiger partial charge in [-0.25, -0.2) is 0 Å². The van der Waals surface area contributed by atoms with Gasteiger partial charge >= 0.3 is 0 Å². The van der Waals surface area contributed by atoms with Crippen molar-refractivity contribution in [2.45, 2.75) is 39.8 Å². The zero-order chi connectivity index (χ0) is 26.1. The summed E-state index contributed by atoms with van der Waals surface area (Å²) in [6.07, 6.45) is 0.373. The number of carbonyl (C=O) groups is 2. The SMILES string of the molecule is Cc1cc(OCC(=O)N(Cc2ccccc2Cl)C(Cc2ccccc2)C(=O)NCC(C)C)ccc1Br. The van der Waals surface area contributed by atoms with Crippen molar-refractivity contribution in [1.29, 1.82) is 0 Å². The summed E-state index contributed by atoms with van der Waals surface area (Å²) in [4.78, 5) is 28.7. The quantitative estimate of drug-likeness (QED) is 0.298. The van der Waals surface area contributed by atoms with E-state index in [1.54, 1.807) is 17.0 Å². The van der Waals surface area contributed by atoms with Crippen LogP contribution < -0.4 is 10.1 Å². The maximum atomic E-state index is 13.6. The number of ether oxygens (including phenoxy) is 1. The Labute approximate surface area is 226 Å². The molecule has 0 heterocycles. The number of rotatable bonds is 11. The Balaban J connectivity index is 1.91. The number of halogens is 2. The maximum absolute atomic E-state index is 13.6. The molecule has 7 heteroatoms. The average Bonchev–Trinajstić information content (AvgIpc) is 2.86. The molecule has 0 saturated heterocycles. The lowest BCUT2D eigenvalue weighted by Gasteiger charge is -2.32. The number of amides is 2. The summed E-state index contributed by atoms with van der Waals surface area (Å²) in [5, 5.41) is 3.56. The molecule has 36 heavy (non-hydrogen) atoms. The first kappa shape index (κ1) is 27.8. The van der Waals surface area contributed by atoms with E-state index in [2.05, 4.69) is 21.2 Å². The lowest BCUT2D eigenvalue weighted by atomic mass is 10.0. The molecule has 0 aliphatic heterocycles. The van der Waals surface area contributed by atoms with Gasteiger partial charge < -0.3 is 15.0 Å². The van der Waals surface area contributed by atoms with Gasteiger partial charge in [0, 0.05) is 29.0 Å². The van der Waals surface area contributed by atoms with Crippen LogP contribution in [0.5, 0.6) is 5.75 Å². The molecule has 0 radical (unpaired) electrons. The van der Waals surface area contributed by atoms with E-state index in [0.717, 1.165) is 21.2 Å². The number of nitrogens with one attached hydrogen (secondary N) is 1. The molecule has 0 bridgehead atoms. The number of carbonyl (C=O) groups excluding carboxylic acids is 2. The first-order chi connectivity index (χ1) is 17.2. The molecular formula is C29H32BrClN2O3. The van der Waals surface area contributed by atoms with E-state index < -0.39 is 6.04 Å². The van der Waals surface area contributed by atoms with Crippen molar-refractivity contribution in [2.24, 2.45) is 5.92 Å². The van der Waals surface area contributed by atoms with Gasteiger partial charge in [-0.3, -0.25) is 9.59 Å². The van der Waals surface area contributed by atoms with E-state index in [-0.39, 0.29) is 30.9 Å². The monoisotopic (exact) mass is 570 g/mol. The Kier molecular flexibility index (Phi) is 10.4. The van der Waals surface area contributed by atoms with E-state index in [1.807, 2.05) is 81.4 Å². The Morgan fingerprint density at radius 3 is 2.39 bits per heavy atom. The summed E-state index contributed by atoms with van der Waals surface area (Å²) < 4.78 is 6.82.